The summed E-state index contributed by atoms with van der Waals surface area (Å²) in [6.45, 7) is 3.64. The molecule has 0 bridgehead atoms. The summed E-state index contributed by atoms with van der Waals surface area (Å²) in [6, 6.07) is 0. The van der Waals surface area contributed by atoms with Crippen molar-refractivity contribution in [3.05, 3.63) is 22.1 Å². The van der Waals surface area contributed by atoms with E-state index in [1.54, 1.807) is 0 Å². The van der Waals surface area contributed by atoms with E-state index in [-0.39, 0.29) is 11.5 Å². The molecule has 0 aromatic rings. The minimum absolute atomic E-state index is 0.0185. The van der Waals surface area contributed by atoms with E-state index < -0.39 is 4.92 Å². The molecule has 0 unspecified atom stereocenters. The number of nitrogens with zero attached hydrogens (tertiary/aromatic N) is 1. The first-order valence-corrected chi connectivity index (χ1v) is 2.92. The summed E-state index contributed by atoms with van der Waals surface area (Å²) < 4.78 is 0. The molecule has 0 amide bonds. The Morgan fingerprint density at radius 2 is 2.30 bits per heavy atom. The van der Waals surface area contributed by atoms with Crippen molar-refractivity contribution in [2.75, 3.05) is 0 Å². The number of nitro groups is 1. The second-order valence-electron chi connectivity index (χ2n) is 2.68. The summed E-state index contributed by atoms with van der Waals surface area (Å²) in [6.07, 6.45) is 1.36. The number of hydrogen-bond donors (Lipinski definition) is 2. The van der Waals surface area contributed by atoms with Crippen molar-refractivity contribution in [1.29, 1.82) is 0 Å². The predicted molar refractivity (Wildman–Crippen MR) is 35.4 cm³/mol. The summed E-state index contributed by atoms with van der Waals surface area (Å²) in [5, 5.41) is 15.6. The lowest BCUT2D eigenvalue weighted by molar-refractivity contribution is -0.431. The zero-order chi connectivity index (χ0) is 7.78. The van der Waals surface area contributed by atoms with Gasteiger partial charge in [0.2, 0.25) is 0 Å². The molecule has 0 aliphatic carbocycles. The fraction of sp³-hybridized carbons (Fsp3) is 0.600. The van der Waals surface area contributed by atoms with Gasteiger partial charge in [-0.3, -0.25) is 0 Å². The van der Waals surface area contributed by atoms with Crippen molar-refractivity contribution < 1.29 is 4.92 Å². The lowest BCUT2D eigenvalue weighted by Gasteiger charge is -2.14. The molecule has 0 aromatic carbocycles. The Labute approximate surface area is 58.3 Å². The van der Waals surface area contributed by atoms with Gasteiger partial charge >= 0.3 is 5.82 Å². The number of hydrogen-bond acceptors (Lipinski definition) is 4. The molecule has 1 aliphatic heterocycles. The summed E-state index contributed by atoms with van der Waals surface area (Å²) in [7, 11) is 0. The molecule has 0 fully saturated rings. The minimum Gasteiger partial charge on any atom is -0.358 e. The second-order valence-corrected chi connectivity index (χ2v) is 2.68. The molecule has 0 aromatic heterocycles. The highest BCUT2D eigenvalue weighted by molar-refractivity contribution is 5.03. The monoisotopic (exact) mass is 143 g/mol. The molecule has 0 spiro atoms. The molecule has 0 saturated carbocycles. The van der Waals surface area contributed by atoms with Gasteiger partial charge in [0.25, 0.3) is 0 Å². The Morgan fingerprint density at radius 3 is 2.50 bits per heavy atom. The van der Waals surface area contributed by atoms with E-state index in [2.05, 4.69) is 10.6 Å². The van der Waals surface area contributed by atoms with Gasteiger partial charge in [-0.1, -0.05) is 0 Å². The SMILES string of the molecule is CC1(C)NC=C([N+](=O)[O-])N1. The van der Waals surface area contributed by atoms with Gasteiger partial charge in [-0.05, 0) is 18.8 Å². The van der Waals surface area contributed by atoms with Gasteiger partial charge in [-0.2, -0.15) is 0 Å². The van der Waals surface area contributed by atoms with Gasteiger partial charge in [0.05, 0.1) is 6.20 Å². The number of rotatable bonds is 1. The van der Waals surface area contributed by atoms with Crippen LogP contribution in [0, 0.1) is 10.1 Å². The van der Waals surface area contributed by atoms with Crippen molar-refractivity contribution in [3.63, 3.8) is 0 Å². The van der Waals surface area contributed by atoms with Crippen LogP contribution in [0.4, 0.5) is 0 Å². The maximum Gasteiger partial charge on any atom is 0.333 e. The first-order chi connectivity index (χ1) is 4.51. The van der Waals surface area contributed by atoms with Crippen LogP contribution in [0.1, 0.15) is 13.8 Å². The first-order valence-electron chi connectivity index (χ1n) is 2.92. The predicted octanol–water partition coefficient (Wildman–Crippen LogP) is -0.00910. The van der Waals surface area contributed by atoms with E-state index in [0.717, 1.165) is 0 Å². The van der Waals surface area contributed by atoms with Crippen LogP contribution < -0.4 is 10.6 Å². The minimum atomic E-state index is -0.457. The molecule has 56 valence electrons. The topological polar surface area (TPSA) is 67.2 Å². The quantitative estimate of drug-likeness (QED) is 0.400. The number of nitrogens with one attached hydrogen (secondary N) is 2. The van der Waals surface area contributed by atoms with Crippen molar-refractivity contribution in [2.45, 2.75) is 19.5 Å². The lowest BCUT2D eigenvalue weighted by Crippen LogP contribution is -2.43. The molecule has 1 aliphatic rings. The van der Waals surface area contributed by atoms with E-state index in [4.69, 9.17) is 0 Å². The van der Waals surface area contributed by atoms with Crippen LogP contribution in [0.25, 0.3) is 0 Å². The van der Waals surface area contributed by atoms with E-state index in [9.17, 15) is 10.1 Å². The molecule has 0 radical (unpaired) electrons. The van der Waals surface area contributed by atoms with Crippen molar-refractivity contribution >= 4 is 0 Å². The van der Waals surface area contributed by atoms with Gasteiger partial charge in [-0.15, -0.1) is 0 Å². The van der Waals surface area contributed by atoms with Crippen LogP contribution in [0.3, 0.4) is 0 Å². The summed E-state index contributed by atoms with van der Waals surface area (Å²) in [5.41, 5.74) is -0.387. The normalized spacial score (nSPS) is 20.8. The van der Waals surface area contributed by atoms with Gasteiger partial charge in [-0.25, -0.2) is 5.32 Å². The third-order valence-electron chi connectivity index (χ3n) is 1.21. The molecular weight excluding hydrogens is 134 g/mol. The molecule has 5 nitrogen and oxygen atoms in total. The van der Waals surface area contributed by atoms with Crippen LogP contribution in [0.2, 0.25) is 0 Å². The highest BCUT2D eigenvalue weighted by Gasteiger charge is 2.30. The maximum atomic E-state index is 10.1. The standard InChI is InChI=1S/C5H9N3O2/c1-5(2)6-3-4(7-5)8(9)10/h3,6-7H,1-2H3. The largest absolute Gasteiger partial charge is 0.358 e. The highest BCUT2D eigenvalue weighted by Crippen LogP contribution is 2.07. The van der Waals surface area contributed by atoms with Crippen molar-refractivity contribution in [1.82, 2.24) is 10.6 Å². The van der Waals surface area contributed by atoms with Crippen LogP contribution in [-0.4, -0.2) is 10.6 Å². The van der Waals surface area contributed by atoms with E-state index >= 15 is 0 Å². The lowest BCUT2D eigenvalue weighted by atomic mass is 10.3. The zero-order valence-corrected chi connectivity index (χ0v) is 5.84. The van der Waals surface area contributed by atoms with Gasteiger partial charge in [0, 0.05) is 0 Å². The Balaban J connectivity index is 2.64. The average molecular weight is 143 g/mol. The van der Waals surface area contributed by atoms with Crippen molar-refractivity contribution in [2.24, 2.45) is 0 Å². The van der Waals surface area contributed by atoms with Crippen LogP contribution in [0.15, 0.2) is 12.0 Å². The Morgan fingerprint density at radius 1 is 1.70 bits per heavy atom. The second kappa shape index (κ2) is 1.86. The fourth-order valence-corrected chi connectivity index (χ4v) is 0.739. The molecule has 10 heavy (non-hydrogen) atoms. The Kier molecular flexibility index (Phi) is 1.28. The molecule has 2 N–H and O–H groups in total. The van der Waals surface area contributed by atoms with Crippen LogP contribution in [0.5, 0.6) is 0 Å². The molecule has 0 atom stereocenters. The average Bonchev–Trinajstić information content (AvgIpc) is 2.10. The smallest absolute Gasteiger partial charge is 0.333 e. The molecule has 0 saturated heterocycles. The maximum absolute atomic E-state index is 10.1. The third kappa shape index (κ3) is 1.18. The summed E-state index contributed by atoms with van der Waals surface area (Å²) in [4.78, 5) is 9.67. The van der Waals surface area contributed by atoms with Gasteiger partial charge in [0.1, 0.15) is 0 Å². The Hall–Kier alpha value is -1.26. The molecule has 1 rings (SSSR count). The van der Waals surface area contributed by atoms with E-state index in [1.807, 2.05) is 13.8 Å². The van der Waals surface area contributed by atoms with E-state index in [0.29, 0.717) is 0 Å². The van der Waals surface area contributed by atoms with Gasteiger partial charge < -0.3 is 15.4 Å². The molecular formula is C5H9N3O2. The van der Waals surface area contributed by atoms with Crippen LogP contribution in [-0.2, 0) is 0 Å². The van der Waals surface area contributed by atoms with Crippen LogP contribution >= 0.6 is 0 Å². The zero-order valence-electron chi connectivity index (χ0n) is 5.84. The molecule has 5 heteroatoms. The highest BCUT2D eigenvalue weighted by atomic mass is 16.6. The van der Waals surface area contributed by atoms with Gasteiger partial charge in [0.15, 0.2) is 5.66 Å². The third-order valence-corrected chi connectivity index (χ3v) is 1.21. The Bertz CT molecular complexity index is 197. The fourth-order valence-electron chi connectivity index (χ4n) is 0.739. The summed E-state index contributed by atoms with van der Waals surface area (Å²) in [5.74, 6) is 0.0185. The molecule has 1 heterocycles. The first kappa shape index (κ1) is 6.85. The van der Waals surface area contributed by atoms with Crippen molar-refractivity contribution in [3.8, 4) is 0 Å². The summed E-state index contributed by atoms with van der Waals surface area (Å²) >= 11 is 0. The van der Waals surface area contributed by atoms with E-state index in [1.165, 1.54) is 6.20 Å².